The first-order valence-electron chi connectivity index (χ1n) is 7.86. The summed E-state index contributed by atoms with van der Waals surface area (Å²) in [5.41, 5.74) is 1.28. The average molecular weight is 587 g/mol. The van der Waals surface area contributed by atoms with E-state index in [1.54, 1.807) is 24.3 Å². The van der Waals surface area contributed by atoms with Crippen molar-refractivity contribution in [1.82, 2.24) is 4.90 Å². The van der Waals surface area contributed by atoms with Crippen molar-refractivity contribution in [3.8, 4) is 11.5 Å². The highest BCUT2D eigenvalue weighted by molar-refractivity contribution is 14.1. The molecular weight excluding hydrogens is 572 g/mol. The van der Waals surface area contributed by atoms with Gasteiger partial charge in [0.15, 0.2) is 21.2 Å². The molecule has 1 fully saturated rings. The highest BCUT2D eigenvalue weighted by atomic mass is 127. The van der Waals surface area contributed by atoms with Crippen LogP contribution in [0, 0.1) is 3.57 Å². The van der Waals surface area contributed by atoms with Gasteiger partial charge in [0.25, 0.3) is 11.8 Å². The minimum atomic E-state index is -1.73. The molecule has 9 heteroatoms. The highest BCUT2D eigenvalue weighted by Gasteiger charge is 2.72. The number of aromatic hydroxyl groups is 1. The Morgan fingerprint density at radius 2 is 2.11 bits per heavy atom. The van der Waals surface area contributed by atoms with Crippen LogP contribution in [0.25, 0.3) is 0 Å². The van der Waals surface area contributed by atoms with Gasteiger partial charge in [0.1, 0.15) is 0 Å². The van der Waals surface area contributed by atoms with Gasteiger partial charge in [-0.2, -0.15) is 0 Å². The average Bonchev–Trinajstić information content (AvgIpc) is 2.80. The van der Waals surface area contributed by atoms with Crippen LogP contribution >= 0.6 is 61.7 Å². The fourth-order valence-electron chi connectivity index (χ4n) is 3.67. The molecule has 2 amide bonds. The number of methoxy groups -OCH3 is 1. The van der Waals surface area contributed by atoms with Gasteiger partial charge in [0.05, 0.1) is 16.1 Å². The van der Waals surface area contributed by atoms with Crippen LogP contribution in [0.2, 0.25) is 0 Å². The largest absolute Gasteiger partial charge is 0.504 e. The Morgan fingerprint density at radius 1 is 1.44 bits per heavy atom. The number of amides is 2. The molecule has 3 atom stereocenters. The van der Waals surface area contributed by atoms with E-state index in [1.807, 2.05) is 22.6 Å². The van der Waals surface area contributed by atoms with Gasteiger partial charge in [-0.1, -0.05) is 34.7 Å². The summed E-state index contributed by atoms with van der Waals surface area (Å²) in [6.07, 6.45) is 3.49. The number of phenols is 1. The summed E-state index contributed by atoms with van der Waals surface area (Å²) in [7, 11) is 1.43. The molecule has 1 aliphatic heterocycles. The molecule has 0 aromatic heterocycles. The lowest BCUT2D eigenvalue weighted by Gasteiger charge is -2.42. The zero-order valence-corrected chi connectivity index (χ0v) is 19.4. The van der Waals surface area contributed by atoms with E-state index in [0.717, 1.165) is 4.90 Å². The number of halogens is 4. The van der Waals surface area contributed by atoms with Crippen molar-refractivity contribution in [2.24, 2.45) is 0 Å². The van der Waals surface area contributed by atoms with Gasteiger partial charge < -0.3 is 9.84 Å². The lowest BCUT2D eigenvalue weighted by molar-refractivity contribution is -0.138. The van der Waals surface area contributed by atoms with Crippen LogP contribution in [0.4, 0.5) is 0 Å². The van der Waals surface area contributed by atoms with E-state index in [2.05, 4.69) is 22.5 Å². The standard InChI is InChI=1S/C18H15BrCl2INO4/c1-3-9-4-5-17(20)15(25)23(8-19)16(26)18(17,21)13(9)10-6-11(22)14(24)12(7-10)27-2/h3-4,6-7,13,24H,1,5,8H2,2H3/t13-,17-,18+/m1/s1. The van der Waals surface area contributed by atoms with Crippen LogP contribution in [0.15, 0.2) is 36.4 Å². The lowest BCUT2D eigenvalue weighted by atomic mass is 9.68. The molecule has 1 aromatic carbocycles. The van der Waals surface area contributed by atoms with E-state index in [0.29, 0.717) is 14.7 Å². The molecule has 0 saturated carbocycles. The molecule has 27 heavy (non-hydrogen) atoms. The molecule has 0 bridgehead atoms. The van der Waals surface area contributed by atoms with Crippen LogP contribution in [-0.2, 0) is 9.59 Å². The molecule has 0 spiro atoms. The van der Waals surface area contributed by atoms with Gasteiger partial charge in [-0.05, 0) is 52.3 Å². The summed E-state index contributed by atoms with van der Waals surface area (Å²) >= 11 is 18.8. The Morgan fingerprint density at radius 3 is 2.67 bits per heavy atom. The van der Waals surface area contributed by atoms with Gasteiger partial charge in [0, 0.05) is 5.92 Å². The van der Waals surface area contributed by atoms with Crippen molar-refractivity contribution in [1.29, 1.82) is 0 Å². The molecule has 1 saturated heterocycles. The monoisotopic (exact) mass is 585 g/mol. The van der Waals surface area contributed by atoms with Crippen LogP contribution in [0.5, 0.6) is 11.5 Å². The Hall–Kier alpha value is -0.770. The van der Waals surface area contributed by atoms with Gasteiger partial charge in [-0.15, -0.1) is 23.2 Å². The van der Waals surface area contributed by atoms with Gasteiger partial charge in [-0.25, -0.2) is 0 Å². The number of fused-ring (bicyclic) bond motifs is 1. The zero-order chi connectivity index (χ0) is 20.1. The summed E-state index contributed by atoms with van der Waals surface area (Å²) in [5.74, 6) is -1.63. The molecule has 5 nitrogen and oxygen atoms in total. The van der Waals surface area contributed by atoms with Gasteiger partial charge in [0.2, 0.25) is 0 Å². The second-order valence-corrected chi connectivity index (χ2v) is 9.17. The fourth-order valence-corrected chi connectivity index (χ4v) is 5.63. The minimum Gasteiger partial charge on any atom is -0.504 e. The summed E-state index contributed by atoms with van der Waals surface area (Å²) in [6.45, 7) is 3.82. The van der Waals surface area contributed by atoms with Gasteiger partial charge in [-0.3, -0.25) is 14.5 Å². The van der Waals surface area contributed by atoms with E-state index in [9.17, 15) is 14.7 Å². The SMILES string of the molecule is C=CC1=CC[C@@]2(Cl)C(=O)N(CBr)C(=O)[C@@]2(Cl)[C@H]1c1cc(I)c(O)c(OC)c1. The van der Waals surface area contributed by atoms with Crippen LogP contribution < -0.4 is 4.74 Å². The van der Waals surface area contributed by atoms with E-state index in [-0.39, 0.29) is 23.4 Å². The molecule has 0 radical (unpaired) electrons. The summed E-state index contributed by atoms with van der Waals surface area (Å²) < 4.78 is 5.76. The lowest BCUT2D eigenvalue weighted by Crippen LogP contribution is -2.54. The number of phenolic OH excluding ortho intramolecular Hbond substituents is 1. The number of likely N-dealkylation sites (tertiary alicyclic amines) is 1. The molecule has 2 aliphatic rings. The van der Waals surface area contributed by atoms with Crippen molar-refractivity contribution < 1.29 is 19.4 Å². The number of allylic oxidation sites excluding steroid dienone is 3. The van der Waals surface area contributed by atoms with E-state index in [1.165, 1.54) is 7.11 Å². The Labute approximate surface area is 188 Å². The Balaban J connectivity index is 2.30. The zero-order valence-electron chi connectivity index (χ0n) is 14.1. The maximum absolute atomic E-state index is 13.2. The predicted molar refractivity (Wildman–Crippen MR) is 116 cm³/mol. The quantitative estimate of drug-likeness (QED) is 0.248. The van der Waals surface area contributed by atoms with Crippen LogP contribution in [0.1, 0.15) is 17.9 Å². The summed E-state index contributed by atoms with van der Waals surface area (Å²) in [6, 6.07) is 3.29. The van der Waals surface area contributed by atoms with E-state index in [4.69, 9.17) is 27.9 Å². The second-order valence-electron chi connectivity index (χ2n) is 6.27. The molecular formula is C18H15BrCl2INO4. The normalized spacial score (nSPS) is 30.2. The summed E-state index contributed by atoms with van der Waals surface area (Å²) in [4.78, 5) is 23.7. The molecule has 1 N–H and O–H groups in total. The number of ether oxygens (including phenoxy) is 1. The van der Waals surface area contributed by atoms with Crippen molar-refractivity contribution in [2.75, 3.05) is 12.6 Å². The third-order valence-electron chi connectivity index (χ3n) is 5.03. The number of alkyl halides is 3. The van der Waals surface area contributed by atoms with Crippen LogP contribution in [0.3, 0.4) is 0 Å². The molecule has 1 heterocycles. The maximum Gasteiger partial charge on any atom is 0.254 e. The molecule has 0 unspecified atom stereocenters. The first kappa shape index (κ1) is 21.0. The summed E-state index contributed by atoms with van der Waals surface area (Å²) in [5, 5.41) is 10.2. The Bertz CT molecular complexity index is 892. The van der Waals surface area contributed by atoms with Crippen molar-refractivity contribution in [3.05, 3.63) is 45.6 Å². The van der Waals surface area contributed by atoms with Gasteiger partial charge >= 0.3 is 0 Å². The third kappa shape index (κ3) is 2.76. The number of nitrogens with zero attached hydrogens (tertiary/aromatic N) is 1. The predicted octanol–water partition coefficient (Wildman–Crippen LogP) is 4.28. The van der Waals surface area contributed by atoms with Crippen LogP contribution in [-0.4, -0.2) is 44.1 Å². The number of hydrogen-bond donors (Lipinski definition) is 1. The molecule has 1 aliphatic carbocycles. The number of rotatable bonds is 4. The maximum atomic E-state index is 13.2. The number of benzene rings is 1. The Kier molecular flexibility index (Phi) is 5.62. The third-order valence-corrected chi connectivity index (χ3v) is 7.76. The number of imide groups is 1. The topological polar surface area (TPSA) is 66.8 Å². The molecule has 1 aromatic rings. The smallest absolute Gasteiger partial charge is 0.254 e. The fraction of sp³-hybridized carbons (Fsp3) is 0.333. The number of hydrogen-bond acceptors (Lipinski definition) is 4. The molecule has 144 valence electrons. The number of carbonyl (C=O) groups excluding carboxylic acids is 2. The van der Waals surface area contributed by atoms with Crippen molar-refractivity contribution >= 4 is 73.5 Å². The second kappa shape index (κ2) is 7.24. The minimum absolute atomic E-state index is 0.000181. The number of carbonyl (C=O) groups is 2. The highest BCUT2D eigenvalue weighted by Crippen LogP contribution is 2.59. The molecule has 3 rings (SSSR count). The van der Waals surface area contributed by atoms with E-state index < -0.39 is 27.5 Å². The van der Waals surface area contributed by atoms with Crippen molar-refractivity contribution in [2.45, 2.75) is 22.1 Å². The van der Waals surface area contributed by atoms with Crippen molar-refractivity contribution in [3.63, 3.8) is 0 Å². The first-order valence-corrected chi connectivity index (χ1v) is 10.8. The first-order chi connectivity index (χ1) is 12.7. The van der Waals surface area contributed by atoms with E-state index >= 15 is 0 Å².